The predicted molar refractivity (Wildman–Crippen MR) is 127 cm³/mol. The molecule has 3 N–H and O–H groups in total. The van der Waals surface area contributed by atoms with E-state index in [9.17, 15) is 8.42 Å². The SMILES string of the molecule is CCCCCCCCCCCCCCCCCCCCC(C)(CC(O)O)OS(=O)(=O)O. The van der Waals surface area contributed by atoms with Gasteiger partial charge in [-0.05, 0) is 13.3 Å². The molecule has 1 atom stereocenters. The Morgan fingerprint density at radius 3 is 1.29 bits per heavy atom. The third-order valence-corrected chi connectivity index (χ3v) is 6.59. The average molecular weight is 467 g/mol. The minimum absolute atomic E-state index is 0.258. The van der Waals surface area contributed by atoms with E-state index in [2.05, 4.69) is 11.1 Å². The van der Waals surface area contributed by atoms with Gasteiger partial charge >= 0.3 is 10.4 Å². The number of unbranched alkanes of at least 4 members (excludes halogenated alkanes) is 17. The van der Waals surface area contributed by atoms with Gasteiger partial charge in [-0.25, -0.2) is 4.18 Å². The summed E-state index contributed by atoms with van der Waals surface area (Å²) >= 11 is 0. The molecule has 0 aliphatic heterocycles. The number of hydrogen-bond donors (Lipinski definition) is 3. The molecule has 31 heavy (non-hydrogen) atoms. The van der Waals surface area contributed by atoms with Crippen LogP contribution < -0.4 is 0 Å². The minimum atomic E-state index is -4.62. The Hall–Kier alpha value is -0.210. The Morgan fingerprint density at radius 2 is 1.00 bits per heavy atom. The maximum atomic E-state index is 11.0. The topological polar surface area (TPSA) is 104 Å². The molecule has 6 nitrogen and oxygen atoms in total. The van der Waals surface area contributed by atoms with Gasteiger partial charge in [0.05, 0.1) is 5.60 Å². The summed E-state index contributed by atoms with van der Waals surface area (Å²) in [5.74, 6) is 0. The van der Waals surface area contributed by atoms with Gasteiger partial charge in [0.15, 0.2) is 6.29 Å². The van der Waals surface area contributed by atoms with E-state index >= 15 is 0 Å². The van der Waals surface area contributed by atoms with Gasteiger partial charge in [0.1, 0.15) is 0 Å². The molecule has 0 saturated heterocycles. The van der Waals surface area contributed by atoms with Gasteiger partial charge in [-0.2, -0.15) is 8.42 Å². The van der Waals surface area contributed by atoms with E-state index in [1.165, 1.54) is 96.8 Å². The molecular formula is C24H50O6S. The molecule has 0 bridgehead atoms. The quantitative estimate of drug-likeness (QED) is 0.0879. The zero-order chi connectivity index (χ0) is 23.4. The molecule has 1 unspecified atom stereocenters. The number of aliphatic hydroxyl groups excluding tert-OH is 1. The van der Waals surface area contributed by atoms with Crippen molar-refractivity contribution in [3.8, 4) is 0 Å². The molecule has 0 rings (SSSR count). The van der Waals surface area contributed by atoms with Crippen LogP contribution in [0.1, 0.15) is 142 Å². The van der Waals surface area contributed by atoms with Crippen LogP contribution in [-0.2, 0) is 14.6 Å². The molecule has 0 aromatic carbocycles. The lowest BCUT2D eigenvalue weighted by molar-refractivity contribution is -0.0917. The van der Waals surface area contributed by atoms with Gasteiger partial charge in [0.2, 0.25) is 0 Å². The summed E-state index contributed by atoms with van der Waals surface area (Å²) in [6.07, 6.45) is 21.3. The van der Waals surface area contributed by atoms with Crippen LogP contribution in [0.5, 0.6) is 0 Å². The Balaban J connectivity index is 3.51. The minimum Gasteiger partial charge on any atom is -0.368 e. The normalized spacial score (nSPS) is 14.3. The van der Waals surface area contributed by atoms with Crippen molar-refractivity contribution in [1.29, 1.82) is 0 Å². The second kappa shape index (κ2) is 19.3. The first-order chi connectivity index (χ1) is 14.7. The van der Waals surface area contributed by atoms with Crippen LogP contribution in [0.3, 0.4) is 0 Å². The molecule has 0 aliphatic carbocycles. The van der Waals surface area contributed by atoms with Crippen LogP contribution in [0.4, 0.5) is 0 Å². The van der Waals surface area contributed by atoms with E-state index in [0.717, 1.165) is 25.7 Å². The lowest BCUT2D eigenvalue weighted by Gasteiger charge is -2.28. The summed E-state index contributed by atoms with van der Waals surface area (Å²) in [5, 5.41) is 18.3. The zero-order valence-electron chi connectivity index (χ0n) is 20.2. The van der Waals surface area contributed by atoms with Crippen LogP contribution in [0.2, 0.25) is 0 Å². The molecule has 7 heteroatoms. The van der Waals surface area contributed by atoms with E-state index in [0.29, 0.717) is 6.42 Å². The van der Waals surface area contributed by atoms with Crippen LogP contribution in [-0.4, -0.2) is 35.1 Å². The van der Waals surface area contributed by atoms with E-state index in [-0.39, 0.29) is 6.42 Å². The fraction of sp³-hybridized carbons (Fsp3) is 1.00. The lowest BCUT2D eigenvalue weighted by atomic mass is 9.94. The summed E-state index contributed by atoms with van der Waals surface area (Å²) in [6, 6.07) is 0. The largest absolute Gasteiger partial charge is 0.397 e. The maximum absolute atomic E-state index is 11.0. The highest BCUT2D eigenvalue weighted by atomic mass is 32.3. The molecule has 0 aromatic heterocycles. The second-order valence-electron chi connectivity index (χ2n) is 9.41. The van der Waals surface area contributed by atoms with Crippen LogP contribution in [0, 0.1) is 0 Å². The van der Waals surface area contributed by atoms with Gasteiger partial charge in [0, 0.05) is 6.42 Å². The Labute approximate surface area is 192 Å². The van der Waals surface area contributed by atoms with Crippen molar-refractivity contribution in [1.82, 2.24) is 0 Å². The highest BCUT2D eigenvalue weighted by Gasteiger charge is 2.32. The summed E-state index contributed by atoms with van der Waals surface area (Å²) in [5.41, 5.74) is -1.29. The van der Waals surface area contributed by atoms with Crippen molar-refractivity contribution in [3.05, 3.63) is 0 Å². The molecule has 0 saturated carbocycles. The molecule has 0 radical (unpaired) electrons. The molecule has 0 spiro atoms. The lowest BCUT2D eigenvalue weighted by Crippen LogP contribution is -2.35. The fourth-order valence-electron chi connectivity index (χ4n) is 4.22. The van der Waals surface area contributed by atoms with Crippen LogP contribution in [0.15, 0.2) is 0 Å². The summed E-state index contributed by atoms with van der Waals surface area (Å²) in [6.45, 7) is 3.74. The predicted octanol–water partition coefficient (Wildman–Crippen LogP) is 6.70. The first kappa shape index (κ1) is 30.8. The molecule has 0 amide bonds. The van der Waals surface area contributed by atoms with E-state index in [4.69, 9.17) is 14.8 Å². The Morgan fingerprint density at radius 1 is 0.677 bits per heavy atom. The van der Waals surface area contributed by atoms with Crippen LogP contribution >= 0.6 is 0 Å². The molecule has 0 heterocycles. The van der Waals surface area contributed by atoms with Gasteiger partial charge in [-0.15, -0.1) is 0 Å². The molecular weight excluding hydrogens is 416 g/mol. The van der Waals surface area contributed by atoms with Gasteiger partial charge in [0.25, 0.3) is 0 Å². The van der Waals surface area contributed by atoms with Crippen molar-refractivity contribution in [2.24, 2.45) is 0 Å². The first-order valence-corrected chi connectivity index (χ1v) is 14.1. The standard InChI is InChI=1S/C24H50O6S/c1-3-4-5-6-7-8-9-10-11-12-13-14-15-16-17-18-19-20-21-24(2,22-23(25)26)30-31(27,28)29/h23,25-26H,3-22H2,1-2H3,(H,27,28,29). The maximum Gasteiger partial charge on any atom is 0.397 e. The summed E-state index contributed by atoms with van der Waals surface area (Å²) in [7, 11) is -4.62. The number of rotatable bonds is 23. The van der Waals surface area contributed by atoms with Gasteiger partial charge in [-0.3, -0.25) is 4.55 Å². The van der Waals surface area contributed by atoms with E-state index in [1.807, 2.05) is 0 Å². The van der Waals surface area contributed by atoms with Crippen molar-refractivity contribution in [3.63, 3.8) is 0 Å². The van der Waals surface area contributed by atoms with Crippen LogP contribution in [0.25, 0.3) is 0 Å². The summed E-state index contributed by atoms with van der Waals surface area (Å²) < 4.78 is 35.6. The molecule has 0 aromatic rings. The van der Waals surface area contributed by atoms with Gasteiger partial charge < -0.3 is 10.2 Å². The first-order valence-electron chi connectivity index (χ1n) is 12.7. The number of hydrogen-bond acceptors (Lipinski definition) is 5. The van der Waals surface area contributed by atoms with Crippen molar-refractivity contribution < 1.29 is 27.4 Å². The fourth-order valence-corrected chi connectivity index (χ4v) is 4.88. The monoisotopic (exact) mass is 466 g/mol. The highest BCUT2D eigenvalue weighted by Crippen LogP contribution is 2.27. The van der Waals surface area contributed by atoms with E-state index < -0.39 is 22.3 Å². The van der Waals surface area contributed by atoms with Crippen molar-refractivity contribution in [2.45, 2.75) is 154 Å². The van der Waals surface area contributed by atoms with Crippen molar-refractivity contribution >= 4 is 10.4 Å². The average Bonchev–Trinajstić information content (AvgIpc) is 2.65. The molecule has 188 valence electrons. The Kier molecular flexibility index (Phi) is 19.1. The summed E-state index contributed by atoms with van der Waals surface area (Å²) in [4.78, 5) is 0. The molecule has 0 fully saturated rings. The smallest absolute Gasteiger partial charge is 0.368 e. The second-order valence-corrected chi connectivity index (χ2v) is 10.4. The van der Waals surface area contributed by atoms with E-state index in [1.54, 1.807) is 0 Å². The Bertz CT molecular complexity index is 494. The third kappa shape index (κ3) is 22.8. The third-order valence-electron chi connectivity index (χ3n) is 5.98. The molecule has 0 aliphatic rings. The van der Waals surface area contributed by atoms with Crippen molar-refractivity contribution in [2.75, 3.05) is 0 Å². The van der Waals surface area contributed by atoms with Gasteiger partial charge in [-0.1, -0.05) is 122 Å². The highest BCUT2D eigenvalue weighted by molar-refractivity contribution is 7.80. The number of aliphatic hydroxyl groups is 2. The zero-order valence-corrected chi connectivity index (χ0v) is 21.0.